The number of rotatable bonds is 0. The van der Waals surface area contributed by atoms with Crippen molar-refractivity contribution in [2.24, 2.45) is 0 Å². The van der Waals surface area contributed by atoms with Gasteiger partial charge in [-0.05, 0) is 0 Å². The molecule has 0 saturated heterocycles. The van der Waals surface area contributed by atoms with E-state index in [1.165, 1.54) is 28.9 Å². The molecule has 0 aliphatic rings. The van der Waals surface area contributed by atoms with E-state index >= 15 is 0 Å². The van der Waals surface area contributed by atoms with Crippen LogP contribution >= 0.6 is 0 Å². The molecule has 6 heavy (non-hydrogen) atoms. The monoisotopic (exact) mass is 277 g/mol. The van der Waals surface area contributed by atoms with Gasteiger partial charge in [0.25, 0.3) is 0 Å². The Morgan fingerprint density at radius 3 is 1.17 bits per heavy atom. The fourth-order valence-corrected chi connectivity index (χ4v) is 0. The van der Waals surface area contributed by atoms with Gasteiger partial charge in [0.2, 0.25) is 0 Å². The zero-order chi connectivity index (χ0) is 2.71. The van der Waals surface area contributed by atoms with Gasteiger partial charge in [0.1, 0.15) is 0 Å². The molecule has 0 atom stereocenters. The molecule has 0 aliphatic carbocycles. The Kier molecular flexibility index (Phi) is 90.3. The molecule has 39 valence electrons. The second kappa shape index (κ2) is 23.8. The van der Waals surface area contributed by atoms with Gasteiger partial charge >= 0.3 is 57.7 Å². The third-order valence-corrected chi connectivity index (χ3v) is 0. The first-order chi connectivity index (χ1) is 1.41. The Balaban J connectivity index is -0.00000000667. The third-order valence-electron chi connectivity index (χ3n) is 0. The Morgan fingerprint density at radius 2 is 1.17 bits per heavy atom. The maximum Gasteiger partial charge on any atom is 0 e. The number of hydrogen-bond acceptors (Lipinski definition) is 0. The summed E-state index contributed by atoms with van der Waals surface area (Å²) in [7, 11) is 0. The molecule has 0 saturated carbocycles. The van der Waals surface area contributed by atoms with Gasteiger partial charge in [0, 0.05) is 21.7 Å². The molecule has 6 heteroatoms. The van der Waals surface area contributed by atoms with Gasteiger partial charge < -0.3 is 0 Å². The zero-order valence-corrected chi connectivity index (χ0v) is 9.30. The molecule has 0 radical (unpaired) electrons. The second-order valence-electron chi connectivity index (χ2n) is 0.302. The number of hydrogen-bond donors (Lipinski definition) is 0. The van der Waals surface area contributed by atoms with Gasteiger partial charge in [-0.1, -0.05) is 0 Å². The summed E-state index contributed by atoms with van der Waals surface area (Å²) >= 11 is 4.76. The quantitative estimate of drug-likeness (QED) is 0.391. The van der Waals surface area contributed by atoms with Crippen molar-refractivity contribution >= 4 is 63.8 Å². The van der Waals surface area contributed by atoms with E-state index in [-0.39, 0.29) is 56.7 Å². The Hall–Kier alpha value is 3.37. The summed E-state index contributed by atoms with van der Waals surface area (Å²) < 4.78 is 0. The van der Waals surface area contributed by atoms with Crippen molar-refractivity contribution in [3.63, 3.8) is 0 Å². The van der Waals surface area contributed by atoms with E-state index in [1.807, 2.05) is 0 Å². The van der Waals surface area contributed by atoms with Crippen LogP contribution in [0.25, 0.3) is 0 Å². The minimum Gasteiger partial charge on any atom is 0 e. The van der Waals surface area contributed by atoms with E-state index < -0.39 is 0 Å². The van der Waals surface area contributed by atoms with Crippen LogP contribution in [0.4, 0.5) is 0 Å². The minimum atomic E-state index is 0. The molecule has 0 N–H and O–H groups in total. The summed E-state index contributed by atoms with van der Waals surface area (Å²) in [5.41, 5.74) is 0. The van der Waals surface area contributed by atoms with E-state index in [4.69, 9.17) is 0 Å². The van der Waals surface area contributed by atoms with Gasteiger partial charge in [-0.2, -0.15) is 0 Å². The van der Waals surface area contributed by atoms with Crippen molar-refractivity contribution in [1.29, 1.82) is 0 Å². The van der Waals surface area contributed by atoms with Gasteiger partial charge in [0.05, 0.1) is 0 Å². The largest absolute Gasteiger partial charge is 0 e. The first kappa shape index (κ1) is 22.8. The van der Waals surface area contributed by atoms with Gasteiger partial charge in [0.15, 0.2) is 17.4 Å². The Morgan fingerprint density at radius 1 is 1.17 bits per heavy atom. The maximum atomic E-state index is 2.09. The van der Waals surface area contributed by atoms with Crippen LogP contribution in [0.15, 0.2) is 0 Å². The zero-order valence-electron chi connectivity index (χ0n) is 2.80. The van der Waals surface area contributed by atoms with Crippen molar-refractivity contribution < 1.29 is 32.9 Å². The van der Waals surface area contributed by atoms with Crippen LogP contribution in [-0.2, 0) is 32.9 Å². The predicted octanol–water partition coefficient (Wildman–Crippen LogP) is -4.47. The average Bonchev–Trinajstić information content (AvgIpc) is 0.918. The van der Waals surface area contributed by atoms with Crippen molar-refractivity contribution in [3.05, 3.63) is 0 Å². The summed E-state index contributed by atoms with van der Waals surface area (Å²) in [5.74, 6) is 0. The smallest absolute Gasteiger partial charge is 0 e. The van der Waals surface area contributed by atoms with Crippen LogP contribution in [0, 0.1) is 0 Å². The van der Waals surface area contributed by atoms with E-state index in [2.05, 4.69) is 11.2 Å². The van der Waals surface area contributed by atoms with E-state index in [0.717, 1.165) is 0 Å². The first-order valence-corrected chi connectivity index (χ1v) is 7.46. The molecule has 0 bridgehead atoms. The van der Waals surface area contributed by atoms with Crippen LogP contribution < -0.4 is 0 Å². The van der Waals surface area contributed by atoms with Gasteiger partial charge in [-0.15, -0.1) is 0 Å². The van der Waals surface area contributed by atoms with E-state index in [1.54, 1.807) is 0 Å². The minimum absolute atomic E-state index is 0. The molecule has 0 unspecified atom stereocenters. The van der Waals surface area contributed by atoms with Crippen molar-refractivity contribution in [3.8, 4) is 0 Å². The summed E-state index contributed by atoms with van der Waals surface area (Å²) in [6.07, 6.45) is 0. The maximum absolute atomic E-state index is 2.09. The predicted molar refractivity (Wildman–Crippen MR) is 38.4 cm³/mol. The van der Waals surface area contributed by atoms with Crippen LogP contribution in [0.5, 0.6) is 0 Å². The second-order valence-corrected chi connectivity index (χ2v) is 11.2. The molecule has 0 nitrogen and oxygen atoms in total. The molecule has 0 heterocycles. The summed E-state index contributed by atoms with van der Waals surface area (Å²) in [4.78, 5) is 0. The van der Waals surface area contributed by atoms with Crippen molar-refractivity contribution in [1.82, 2.24) is 0 Å². The standard InChI is InChI=1S/3Al.Cu.GeH4.Ti.7H/h;;;;1H4;;;;;;;;. The van der Waals surface area contributed by atoms with Crippen LogP contribution in [-0.4, -0.2) is 63.8 Å². The Labute approximate surface area is 95.0 Å². The molecule has 0 aromatic heterocycles. The molecule has 0 aromatic rings. The van der Waals surface area contributed by atoms with E-state index in [0.29, 0.717) is 0 Å². The SMILES string of the molecule is [AlH2][Cu][AlH2].[AlH3].[GeH4].[Ti]. The summed E-state index contributed by atoms with van der Waals surface area (Å²) in [6, 6.07) is 0. The molecule has 0 spiro atoms. The molecule has 0 fully saturated rings. The third kappa shape index (κ3) is 26.3. The summed E-state index contributed by atoms with van der Waals surface area (Å²) in [5, 5.41) is 0. The first-order valence-electron chi connectivity index (χ1n) is 0.603. The fraction of sp³-hybridized carbons (Fsp3) is 0. The molecular weight excluding hydrogens is 265 g/mol. The van der Waals surface area contributed by atoms with Crippen LogP contribution in [0.1, 0.15) is 0 Å². The molecule has 0 amide bonds. The normalized spacial score (nSPS) is 3.33. The molecule has 0 aromatic carbocycles. The molecular formula is H11Al3CuGeTi. The van der Waals surface area contributed by atoms with Crippen molar-refractivity contribution in [2.75, 3.05) is 0 Å². The molecule has 0 aliphatic heterocycles. The van der Waals surface area contributed by atoms with Crippen molar-refractivity contribution in [2.45, 2.75) is 0 Å². The average molecular weight is 276 g/mol. The Bertz CT molecular complexity index is 10.8. The molecule has 0 rings (SSSR count). The van der Waals surface area contributed by atoms with Gasteiger partial charge in [-0.25, -0.2) is 0 Å². The fourth-order valence-electron chi connectivity index (χ4n) is 0. The summed E-state index contributed by atoms with van der Waals surface area (Å²) in [6.45, 7) is 0. The van der Waals surface area contributed by atoms with E-state index in [9.17, 15) is 0 Å². The topological polar surface area (TPSA) is 0 Å². The van der Waals surface area contributed by atoms with Crippen LogP contribution in [0.3, 0.4) is 0 Å². The van der Waals surface area contributed by atoms with Gasteiger partial charge in [-0.3, -0.25) is 0 Å². The van der Waals surface area contributed by atoms with Crippen LogP contribution in [0.2, 0.25) is 0 Å².